The van der Waals surface area contributed by atoms with Crippen LogP contribution in [0.2, 0.25) is 0 Å². The molecule has 108 valence electrons. The van der Waals surface area contributed by atoms with Gasteiger partial charge in [-0.15, -0.1) is 0 Å². The largest absolute Gasteiger partial charge is 0.481 e. The third kappa shape index (κ3) is 3.17. The number of hydrogen-bond acceptors (Lipinski definition) is 3. The minimum atomic E-state index is -0.886. The van der Waals surface area contributed by atoms with Crippen LogP contribution in [0.4, 0.5) is 0 Å². The summed E-state index contributed by atoms with van der Waals surface area (Å²) in [6.45, 7) is 0.349. The molecule has 2 rings (SSSR count). The summed E-state index contributed by atoms with van der Waals surface area (Å²) in [5.41, 5.74) is 0.985. The molecule has 1 aromatic rings. The highest BCUT2D eigenvalue weighted by Crippen LogP contribution is 2.34. The first-order valence-corrected chi connectivity index (χ1v) is 6.71. The first kappa shape index (κ1) is 14.5. The number of ether oxygens (including phenoxy) is 1. The van der Waals surface area contributed by atoms with Crippen LogP contribution < -0.4 is 5.32 Å². The molecular weight excluding hydrogens is 258 g/mol. The topological polar surface area (TPSA) is 75.6 Å². The van der Waals surface area contributed by atoms with Gasteiger partial charge in [-0.05, 0) is 18.4 Å². The Labute approximate surface area is 117 Å². The predicted octanol–water partition coefficient (Wildman–Crippen LogP) is 1.60. The fourth-order valence-electron chi connectivity index (χ4n) is 2.44. The number of amides is 1. The van der Waals surface area contributed by atoms with E-state index in [2.05, 4.69) is 5.32 Å². The summed E-state index contributed by atoms with van der Waals surface area (Å²) in [7, 11) is 1.59. The number of carboxylic acids is 1. The van der Waals surface area contributed by atoms with Gasteiger partial charge in [-0.2, -0.15) is 0 Å². The van der Waals surface area contributed by atoms with E-state index in [4.69, 9.17) is 9.84 Å². The quantitative estimate of drug-likeness (QED) is 0.828. The number of carbonyl (C=O) groups is 2. The van der Waals surface area contributed by atoms with Crippen molar-refractivity contribution in [3.8, 4) is 0 Å². The van der Waals surface area contributed by atoms with Crippen molar-refractivity contribution >= 4 is 11.9 Å². The van der Waals surface area contributed by atoms with Crippen molar-refractivity contribution in [2.75, 3.05) is 13.7 Å². The van der Waals surface area contributed by atoms with Gasteiger partial charge in [-0.3, -0.25) is 9.59 Å². The molecule has 3 unspecified atom stereocenters. The maximum absolute atomic E-state index is 12.0. The molecule has 5 heteroatoms. The Balaban J connectivity index is 1.88. The summed E-state index contributed by atoms with van der Waals surface area (Å²) in [5, 5.41) is 11.7. The van der Waals surface area contributed by atoms with E-state index < -0.39 is 17.8 Å². The Morgan fingerprint density at radius 3 is 2.45 bits per heavy atom. The third-order valence-corrected chi connectivity index (χ3v) is 3.85. The van der Waals surface area contributed by atoms with Crippen LogP contribution in [-0.4, -0.2) is 30.6 Å². The molecule has 0 spiro atoms. The lowest BCUT2D eigenvalue weighted by atomic mass is 9.73. The number of carboxylic acid groups (broad SMARTS) is 1. The number of rotatable bonds is 6. The predicted molar refractivity (Wildman–Crippen MR) is 73.1 cm³/mol. The zero-order valence-electron chi connectivity index (χ0n) is 11.4. The molecule has 0 aromatic heterocycles. The fourth-order valence-corrected chi connectivity index (χ4v) is 2.44. The van der Waals surface area contributed by atoms with Crippen molar-refractivity contribution in [1.29, 1.82) is 0 Å². The highest BCUT2D eigenvalue weighted by atomic mass is 16.5. The number of benzene rings is 1. The average Bonchev–Trinajstić information content (AvgIpc) is 2.38. The maximum Gasteiger partial charge on any atom is 0.307 e. The van der Waals surface area contributed by atoms with Crippen LogP contribution in [0.5, 0.6) is 0 Å². The van der Waals surface area contributed by atoms with Gasteiger partial charge in [0.2, 0.25) is 5.91 Å². The fraction of sp³-hybridized carbons (Fsp3) is 0.467. The normalized spacial score (nSPS) is 22.6. The lowest BCUT2D eigenvalue weighted by molar-refractivity contribution is -0.152. The standard InChI is InChI=1S/C15H19NO4/c1-20-13(10-5-3-2-4-6-10)9-16-14(17)11-7-8-12(11)15(18)19/h2-6,11-13H,7-9H2,1H3,(H,16,17)(H,18,19). The van der Waals surface area contributed by atoms with Crippen LogP contribution in [0, 0.1) is 11.8 Å². The molecule has 0 radical (unpaired) electrons. The zero-order chi connectivity index (χ0) is 14.5. The molecule has 1 fully saturated rings. The van der Waals surface area contributed by atoms with Gasteiger partial charge in [0.15, 0.2) is 0 Å². The van der Waals surface area contributed by atoms with Crippen molar-refractivity contribution in [2.24, 2.45) is 11.8 Å². The minimum Gasteiger partial charge on any atom is -0.481 e. The van der Waals surface area contributed by atoms with Gasteiger partial charge in [0.25, 0.3) is 0 Å². The first-order valence-electron chi connectivity index (χ1n) is 6.71. The van der Waals surface area contributed by atoms with E-state index in [0.717, 1.165) is 5.56 Å². The second-order valence-corrected chi connectivity index (χ2v) is 5.01. The monoisotopic (exact) mass is 277 g/mol. The molecule has 1 aromatic carbocycles. The maximum atomic E-state index is 12.0. The number of carbonyl (C=O) groups excluding carboxylic acids is 1. The van der Waals surface area contributed by atoms with Crippen molar-refractivity contribution in [2.45, 2.75) is 18.9 Å². The van der Waals surface area contributed by atoms with Crippen LogP contribution >= 0.6 is 0 Å². The summed E-state index contributed by atoms with van der Waals surface area (Å²) in [5.74, 6) is -2.02. The molecule has 20 heavy (non-hydrogen) atoms. The van der Waals surface area contributed by atoms with Crippen molar-refractivity contribution < 1.29 is 19.4 Å². The summed E-state index contributed by atoms with van der Waals surface area (Å²) in [6, 6.07) is 9.61. The van der Waals surface area contributed by atoms with Crippen molar-refractivity contribution in [3.05, 3.63) is 35.9 Å². The van der Waals surface area contributed by atoms with Gasteiger partial charge in [-0.1, -0.05) is 30.3 Å². The van der Waals surface area contributed by atoms with Crippen molar-refractivity contribution in [3.63, 3.8) is 0 Å². The lowest BCUT2D eigenvalue weighted by Crippen LogP contribution is -2.45. The van der Waals surface area contributed by atoms with Crippen LogP contribution in [0.15, 0.2) is 30.3 Å². The van der Waals surface area contributed by atoms with Gasteiger partial charge in [0.1, 0.15) is 0 Å². The molecule has 0 bridgehead atoms. The minimum absolute atomic E-state index is 0.193. The number of nitrogens with one attached hydrogen (secondary N) is 1. The molecule has 2 N–H and O–H groups in total. The molecule has 1 aliphatic carbocycles. The molecule has 1 aliphatic rings. The highest BCUT2D eigenvalue weighted by molar-refractivity contribution is 5.86. The molecular formula is C15H19NO4. The lowest BCUT2D eigenvalue weighted by Gasteiger charge is -2.32. The van der Waals surface area contributed by atoms with Gasteiger partial charge in [0, 0.05) is 13.7 Å². The van der Waals surface area contributed by atoms with Gasteiger partial charge < -0.3 is 15.2 Å². The Bertz CT molecular complexity index is 474. The molecule has 1 saturated carbocycles. The van der Waals surface area contributed by atoms with Gasteiger partial charge in [0.05, 0.1) is 17.9 Å². The van der Waals surface area contributed by atoms with Crippen LogP contribution in [0.1, 0.15) is 24.5 Å². The first-order chi connectivity index (χ1) is 9.63. The Kier molecular flexibility index (Phi) is 4.74. The number of hydrogen-bond donors (Lipinski definition) is 2. The van der Waals surface area contributed by atoms with Crippen LogP contribution in [-0.2, 0) is 14.3 Å². The highest BCUT2D eigenvalue weighted by Gasteiger charge is 2.41. The average molecular weight is 277 g/mol. The smallest absolute Gasteiger partial charge is 0.307 e. The Hall–Kier alpha value is -1.88. The third-order valence-electron chi connectivity index (χ3n) is 3.85. The van der Waals surface area contributed by atoms with E-state index in [0.29, 0.717) is 19.4 Å². The van der Waals surface area contributed by atoms with Crippen LogP contribution in [0.3, 0.4) is 0 Å². The Morgan fingerprint density at radius 1 is 1.30 bits per heavy atom. The molecule has 0 aliphatic heterocycles. The van der Waals surface area contributed by atoms with E-state index in [1.165, 1.54) is 0 Å². The van der Waals surface area contributed by atoms with Gasteiger partial charge >= 0.3 is 5.97 Å². The SMILES string of the molecule is COC(CNC(=O)C1CCC1C(=O)O)c1ccccc1. The van der Waals surface area contributed by atoms with E-state index in [-0.39, 0.29) is 12.0 Å². The molecule has 0 saturated heterocycles. The van der Waals surface area contributed by atoms with E-state index in [1.807, 2.05) is 30.3 Å². The second-order valence-electron chi connectivity index (χ2n) is 5.01. The zero-order valence-corrected chi connectivity index (χ0v) is 11.4. The van der Waals surface area contributed by atoms with E-state index >= 15 is 0 Å². The molecule has 1 amide bonds. The summed E-state index contributed by atoms with van der Waals surface area (Å²) >= 11 is 0. The second kappa shape index (κ2) is 6.52. The van der Waals surface area contributed by atoms with Crippen LogP contribution in [0.25, 0.3) is 0 Å². The number of methoxy groups -OCH3 is 1. The molecule has 0 heterocycles. The van der Waals surface area contributed by atoms with Gasteiger partial charge in [-0.25, -0.2) is 0 Å². The van der Waals surface area contributed by atoms with E-state index in [9.17, 15) is 9.59 Å². The molecule has 3 atom stereocenters. The summed E-state index contributed by atoms with van der Waals surface area (Å²) in [6.07, 6.45) is 1.01. The Morgan fingerprint density at radius 2 is 1.95 bits per heavy atom. The number of aliphatic carboxylic acids is 1. The summed E-state index contributed by atoms with van der Waals surface area (Å²) in [4.78, 5) is 22.9. The van der Waals surface area contributed by atoms with E-state index in [1.54, 1.807) is 7.11 Å². The van der Waals surface area contributed by atoms with Crippen molar-refractivity contribution in [1.82, 2.24) is 5.32 Å². The summed E-state index contributed by atoms with van der Waals surface area (Å²) < 4.78 is 5.36. The molecule has 5 nitrogen and oxygen atoms in total.